The number of aromatic nitrogens is 3. The van der Waals surface area contributed by atoms with Gasteiger partial charge in [-0.25, -0.2) is 4.68 Å². The summed E-state index contributed by atoms with van der Waals surface area (Å²) in [4.78, 5) is 0. The predicted octanol–water partition coefficient (Wildman–Crippen LogP) is 2.97. The number of halogens is 1. The van der Waals surface area contributed by atoms with E-state index in [0.717, 1.165) is 17.1 Å². The third kappa shape index (κ3) is 2.77. The zero-order valence-corrected chi connectivity index (χ0v) is 10.6. The van der Waals surface area contributed by atoms with E-state index < -0.39 is 0 Å². The molecule has 1 aromatic carbocycles. The van der Waals surface area contributed by atoms with Crippen LogP contribution in [0.2, 0.25) is 0 Å². The molecule has 0 fully saturated rings. The lowest BCUT2D eigenvalue weighted by Crippen LogP contribution is -1.96. The van der Waals surface area contributed by atoms with Crippen LogP contribution in [0.5, 0.6) is 5.75 Å². The van der Waals surface area contributed by atoms with Crippen LogP contribution in [-0.2, 0) is 0 Å². The van der Waals surface area contributed by atoms with E-state index in [2.05, 4.69) is 10.3 Å². The predicted molar refractivity (Wildman–Crippen MR) is 66.8 cm³/mol. The summed E-state index contributed by atoms with van der Waals surface area (Å²) in [6.45, 7) is 4.49. The highest BCUT2D eigenvalue weighted by Gasteiger charge is 2.07. The number of nitrogens with zero attached hydrogens (tertiary/aromatic N) is 3. The Labute approximate surface area is 105 Å². The minimum Gasteiger partial charge on any atom is -0.494 e. The summed E-state index contributed by atoms with van der Waals surface area (Å²) in [5.41, 5.74) is 1.70. The molecule has 1 atom stereocenters. The smallest absolute Gasteiger partial charge is 0.119 e. The molecule has 5 heteroatoms. The maximum Gasteiger partial charge on any atom is 0.119 e. The summed E-state index contributed by atoms with van der Waals surface area (Å²) in [5.74, 6) is 0.849. The molecule has 4 nitrogen and oxygen atoms in total. The summed E-state index contributed by atoms with van der Waals surface area (Å²) in [6, 6.07) is 7.68. The average Bonchev–Trinajstić information content (AvgIpc) is 2.80. The second-order valence-electron chi connectivity index (χ2n) is 3.63. The lowest BCUT2D eigenvalue weighted by atomic mass is 10.3. The first-order valence-corrected chi connectivity index (χ1v) is 5.94. The molecule has 1 aromatic heterocycles. The fourth-order valence-electron chi connectivity index (χ4n) is 1.45. The Balaban J connectivity index is 2.21. The van der Waals surface area contributed by atoms with Gasteiger partial charge in [-0.2, -0.15) is 0 Å². The Morgan fingerprint density at radius 1 is 1.35 bits per heavy atom. The molecule has 0 amide bonds. The van der Waals surface area contributed by atoms with Gasteiger partial charge in [-0.15, -0.1) is 16.7 Å². The van der Waals surface area contributed by atoms with E-state index in [4.69, 9.17) is 16.3 Å². The molecule has 0 saturated carbocycles. The lowest BCUT2D eigenvalue weighted by Gasteiger charge is -2.04. The van der Waals surface area contributed by atoms with Gasteiger partial charge in [-0.1, -0.05) is 5.21 Å². The van der Waals surface area contributed by atoms with Crippen LogP contribution < -0.4 is 4.74 Å². The highest BCUT2D eigenvalue weighted by molar-refractivity contribution is 6.20. The first-order valence-electron chi connectivity index (χ1n) is 5.50. The monoisotopic (exact) mass is 251 g/mol. The van der Waals surface area contributed by atoms with Crippen LogP contribution in [-0.4, -0.2) is 21.6 Å². The molecule has 0 spiro atoms. The van der Waals surface area contributed by atoms with Crippen molar-refractivity contribution < 1.29 is 4.74 Å². The summed E-state index contributed by atoms with van der Waals surface area (Å²) >= 11 is 5.93. The van der Waals surface area contributed by atoms with E-state index in [1.165, 1.54) is 0 Å². The molecule has 1 heterocycles. The Morgan fingerprint density at radius 3 is 2.59 bits per heavy atom. The summed E-state index contributed by atoms with van der Waals surface area (Å²) in [5, 5.41) is 7.89. The fraction of sp³-hybridized carbons (Fsp3) is 0.333. The molecular weight excluding hydrogens is 238 g/mol. The van der Waals surface area contributed by atoms with Crippen LogP contribution in [0.4, 0.5) is 0 Å². The molecule has 2 aromatic rings. The van der Waals surface area contributed by atoms with Gasteiger partial charge in [0, 0.05) is 0 Å². The molecule has 0 aliphatic heterocycles. The largest absolute Gasteiger partial charge is 0.494 e. The topological polar surface area (TPSA) is 39.9 Å². The fourth-order valence-corrected chi connectivity index (χ4v) is 1.55. The number of benzene rings is 1. The third-order valence-corrected chi connectivity index (χ3v) is 2.55. The molecule has 0 radical (unpaired) electrons. The van der Waals surface area contributed by atoms with Gasteiger partial charge in [0.25, 0.3) is 0 Å². The van der Waals surface area contributed by atoms with Crippen molar-refractivity contribution in [3.63, 3.8) is 0 Å². The van der Waals surface area contributed by atoms with E-state index in [9.17, 15) is 0 Å². The van der Waals surface area contributed by atoms with E-state index >= 15 is 0 Å². The molecule has 2 rings (SSSR count). The maximum absolute atomic E-state index is 5.93. The van der Waals surface area contributed by atoms with Crippen LogP contribution in [0, 0.1) is 0 Å². The Morgan fingerprint density at radius 2 is 2.06 bits per heavy atom. The first kappa shape index (κ1) is 11.9. The van der Waals surface area contributed by atoms with E-state index in [1.54, 1.807) is 4.68 Å². The SMILES string of the molecule is CCOc1ccc(-n2cc(C(C)Cl)nn2)cc1. The third-order valence-electron chi connectivity index (χ3n) is 2.33. The van der Waals surface area contributed by atoms with Gasteiger partial charge < -0.3 is 4.74 Å². The van der Waals surface area contributed by atoms with Crippen molar-refractivity contribution in [2.75, 3.05) is 6.61 Å². The molecule has 17 heavy (non-hydrogen) atoms. The Hall–Kier alpha value is -1.55. The number of alkyl halides is 1. The van der Waals surface area contributed by atoms with Crippen molar-refractivity contribution in [2.24, 2.45) is 0 Å². The van der Waals surface area contributed by atoms with Crippen LogP contribution in [0.3, 0.4) is 0 Å². The maximum atomic E-state index is 5.93. The Kier molecular flexibility index (Phi) is 3.64. The molecule has 1 unspecified atom stereocenters. The van der Waals surface area contributed by atoms with Gasteiger partial charge in [-0.3, -0.25) is 0 Å². The number of rotatable bonds is 4. The van der Waals surface area contributed by atoms with Crippen LogP contribution in [0.25, 0.3) is 5.69 Å². The van der Waals surface area contributed by atoms with Crippen molar-refractivity contribution in [1.29, 1.82) is 0 Å². The van der Waals surface area contributed by atoms with Crippen LogP contribution in [0.15, 0.2) is 30.5 Å². The van der Waals surface area contributed by atoms with Gasteiger partial charge in [0.1, 0.15) is 11.4 Å². The molecule has 90 valence electrons. The number of ether oxygens (including phenoxy) is 1. The van der Waals surface area contributed by atoms with Gasteiger partial charge >= 0.3 is 0 Å². The van der Waals surface area contributed by atoms with Crippen LogP contribution >= 0.6 is 11.6 Å². The minimum absolute atomic E-state index is 0.133. The second kappa shape index (κ2) is 5.19. The number of hydrogen-bond acceptors (Lipinski definition) is 3. The molecule has 0 bridgehead atoms. The average molecular weight is 252 g/mol. The second-order valence-corrected chi connectivity index (χ2v) is 4.29. The molecule has 0 saturated heterocycles. The first-order chi connectivity index (χ1) is 8.20. The zero-order valence-electron chi connectivity index (χ0n) is 9.80. The van der Waals surface area contributed by atoms with Crippen molar-refractivity contribution in [3.05, 3.63) is 36.2 Å². The zero-order chi connectivity index (χ0) is 12.3. The molecule has 0 aliphatic carbocycles. The number of hydrogen-bond donors (Lipinski definition) is 0. The van der Waals surface area contributed by atoms with E-state index in [1.807, 2.05) is 44.3 Å². The normalized spacial score (nSPS) is 12.4. The summed E-state index contributed by atoms with van der Waals surface area (Å²) in [6.07, 6.45) is 1.83. The Bertz CT molecular complexity index is 479. The van der Waals surface area contributed by atoms with Crippen molar-refractivity contribution >= 4 is 11.6 Å². The quantitative estimate of drug-likeness (QED) is 0.785. The van der Waals surface area contributed by atoms with Gasteiger partial charge in [0.05, 0.1) is 23.9 Å². The molecule has 0 N–H and O–H groups in total. The van der Waals surface area contributed by atoms with Crippen molar-refractivity contribution in [1.82, 2.24) is 15.0 Å². The summed E-state index contributed by atoms with van der Waals surface area (Å²) in [7, 11) is 0. The van der Waals surface area contributed by atoms with Crippen molar-refractivity contribution in [3.8, 4) is 11.4 Å². The van der Waals surface area contributed by atoms with Crippen molar-refractivity contribution in [2.45, 2.75) is 19.2 Å². The summed E-state index contributed by atoms with van der Waals surface area (Å²) < 4.78 is 7.07. The standard InChI is InChI=1S/C12H14ClN3O/c1-3-17-11-6-4-10(5-7-11)16-8-12(9(2)13)14-15-16/h4-9H,3H2,1-2H3. The van der Waals surface area contributed by atoms with E-state index in [-0.39, 0.29) is 5.38 Å². The minimum atomic E-state index is -0.133. The van der Waals surface area contributed by atoms with Gasteiger partial charge in [-0.05, 0) is 38.1 Å². The van der Waals surface area contributed by atoms with Gasteiger partial charge in [0.15, 0.2) is 0 Å². The highest BCUT2D eigenvalue weighted by atomic mass is 35.5. The van der Waals surface area contributed by atoms with Gasteiger partial charge in [0.2, 0.25) is 0 Å². The van der Waals surface area contributed by atoms with Crippen LogP contribution in [0.1, 0.15) is 24.9 Å². The molecular formula is C12H14ClN3O. The molecule has 0 aliphatic rings. The lowest BCUT2D eigenvalue weighted by molar-refractivity contribution is 0.340. The van der Waals surface area contributed by atoms with E-state index in [0.29, 0.717) is 6.61 Å². The highest BCUT2D eigenvalue weighted by Crippen LogP contribution is 2.18.